The number of hydrogen-bond donors (Lipinski definition) is 0. The van der Waals surface area contributed by atoms with Crippen molar-refractivity contribution in [3.8, 4) is 45.0 Å². The molecule has 1 aliphatic rings. The van der Waals surface area contributed by atoms with E-state index in [4.69, 9.17) is 0 Å². The number of benzene rings is 4. The van der Waals surface area contributed by atoms with Crippen LogP contribution in [0.25, 0.3) is 56.3 Å². The summed E-state index contributed by atoms with van der Waals surface area (Å²) in [6.45, 7) is 0. The summed E-state index contributed by atoms with van der Waals surface area (Å²) >= 11 is 0. The third-order valence-electron chi connectivity index (χ3n) is 8.38. The van der Waals surface area contributed by atoms with Crippen molar-refractivity contribution in [3.05, 3.63) is 143 Å². The Kier molecular flexibility index (Phi) is 18.7. The molecule has 0 saturated carbocycles. The first-order valence-corrected chi connectivity index (χ1v) is 21.8. The molecule has 0 spiro atoms. The first-order chi connectivity index (χ1) is 27.4. The number of rotatable bonds is 10. The molecule has 0 amide bonds. The van der Waals surface area contributed by atoms with E-state index in [0.29, 0.717) is 11.1 Å². The summed E-state index contributed by atoms with van der Waals surface area (Å²) in [4.78, 5) is 4.02. The second-order valence-corrected chi connectivity index (χ2v) is 17.4. The number of nitrogens with zero attached hydrogens (tertiary/aromatic N) is 7. The molecule has 296 valence electrons. The smallest absolute Gasteiger partial charge is 0.746 e. The van der Waals surface area contributed by atoms with E-state index in [9.17, 15) is 51.9 Å². The molecule has 0 fully saturated rings. The minimum Gasteiger partial charge on any atom is -0.746 e. The summed E-state index contributed by atoms with van der Waals surface area (Å²) in [5.41, 5.74) is -3.09. The molecular weight excluding hydrogens is 931 g/mol. The Hall–Kier alpha value is -2.18. The van der Waals surface area contributed by atoms with Crippen LogP contribution >= 0.6 is 0 Å². The van der Waals surface area contributed by atoms with Crippen LogP contribution in [-0.4, -0.2) is 91.9 Å². The van der Waals surface area contributed by atoms with Crippen molar-refractivity contribution in [1.82, 2.24) is 34.7 Å². The van der Waals surface area contributed by atoms with Gasteiger partial charge in [0, 0.05) is 22.3 Å². The van der Waals surface area contributed by atoms with Gasteiger partial charge in [-0.1, -0.05) is 121 Å². The Balaban J connectivity index is 0.00000256. The summed E-state index contributed by atoms with van der Waals surface area (Å²) in [5.74, 6) is -2.56. The fraction of sp³-hybridized carbons (Fsp3) is 0.0286. The van der Waals surface area contributed by atoms with E-state index in [1.54, 1.807) is 72.8 Å². The maximum absolute atomic E-state index is 13.5. The summed E-state index contributed by atoms with van der Waals surface area (Å²) in [5, 5.41) is 11.8. The average molecular weight is 952 g/mol. The molecule has 7 rings (SSSR count). The third kappa shape index (κ3) is 11.4. The monoisotopic (exact) mass is 951 g/mol. The van der Waals surface area contributed by atoms with E-state index >= 15 is 0 Å². The topological polar surface area (TPSA) is 309 Å². The standard InChI is InChI=1S/C35H25N7O12S4.4Na/c43-55(44,45)31-25(33-36-26(21-13-5-1-6-14-21)28(38-40-33)23-17-9-3-10-18-23)32(56(46,47)48)35(57(49,50)51)42(58(52,53)54)30(31)34-37-27(22-15-7-2-8-16-22)29(39-41-34)24-19-11-4-12-20-24;;;;/h1-20,35H,(H,43,44,45)(H,46,47,48)(H,49,50,51)(H,52,53,54);;;;/q;4*+1/p-4. The van der Waals surface area contributed by atoms with Gasteiger partial charge < -0.3 is 18.2 Å². The predicted octanol–water partition coefficient (Wildman–Crippen LogP) is -9.44. The molecule has 1 aliphatic heterocycles. The van der Waals surface area contributed by atoms with Crippen molar-refractivity contribution in [2.45, 2.75) is 5.37 Å². The second-order valence-electron chi connectivity index (χ2n) is 12.1. The number of aromatic nitrogens is 6. The van der Waals surface area contributed by atoms with Gasteiger partial charge in [-0.15, -0.1) is 20.4 Å². The fourth-order valence-corrected chi connectivity index (χ4v) is 10.8. The Morgan fingerprint density at radius 3 is 1.10 bits per heavy atom. The Morgan fingerprint density at radius 2 is 0.774 bits per heavy atom. The molecule has 4 aromatic carbocycles. The molecular formula is C35H21N7Na4O12S4. The average Bonchev–Trinajstić information content (AvgIpc) is 3.19. The van der Waals surface area contributed by atoms with Gasteiger partial charge in [0.05, 0.1) is 15.4 Å². The molecule has 27 heteroatoms. The van der Waals surface area contributed by atoms with Crippen LogP contribution in [0, 0.1) is 0 Å². The van der Waals surface area contributed by atoms with Crippen molar-refractivity contribution in [3.63, 3.8) is 0 Å². The maximum Gasteiger partial charge on any atom is 1.00 e. The van der Waals surface area contributed by atoms with Crippen LogP contribution in [0.1, 0.15) is 11.6 Å². The third-order valence-corrected chi connectivity index (χ3v) is 12.4. The van der Waals surface area contributed by atoms with Gasteiger partial charge in [0.1, 0.15) is 58.8 Å². The van der Waals surface area contributed by atoms with Gasteiger partial charge >= 0.3 is 118 Å². The fourth-order valence-electron chi connectivity index (χ4n) is 6.09. The first-order valence-electron chi connectivity index (χ1n) is 16.2. The number of allylic oxidation sites excluding steroid dienone is 1. The summed E-state index contributed by atoms with van der Waals surface area (Å²) in [6, 6.07) is 31.2. The molecule has 0 N–H and O–H groups in total. The van der Waals surface area contributed by atoms with E-state index in [0.717, 1.165) is 0 Å². The van der Waals surface area contributed by atoms with Gasteiger partial charge in [-0.05, 0) is 0 Å². The zero-order valence-electron chi connectivity index (χ0n) is 32.8. The predicted molar refractivity (Wildman–Crippen MR) is 200 cm³/mol. The van der Waals surface area contributed by atoms with Crippen molar-refractivity contribution >= 4 is 51.9 Å². The molecule has 6 aromatic rings. The van der Waals surface area contributed by atoms with Gasteiger partial charge in [0.25, 0.3) is 0 Å². The molecule has 2 aromatic heterocycles. The van der Waals surface area contributed by atoms with Crippen LogP contribution in [0.2, 0.25) is 0 Å². The molecule has 1 unspecified atom stereocenters. The Morgan fingerprint density at radius 1 is 0.435 bits per heavy atom. The molecule has 19 nitrogen and oxygen atoms in total. The van der Waals surface area contributed by atoms with Gasteiger partial charge in [-0.3, -0.25) is 4.31 Å². The van der Waals surface area contributed by atoms with E-state index in [1.165, 1.54) is 48.5 Å². The van der Waals surface area contributed by atoms with Gasteiger partial charge in [-0.25, -0.2) is 43.6 Å². The molecule has 0 radical (unpaired) electrons. The van der Waals surface area contributed by atoms with Crippen LogP contribution in [-0.2, 0) is 40.7 Å². The largest absolute Gasteiger partial charge is 1.00 e. The second kappa shape index (κ2) is 21.4. The van der Waals surface area contributed by atoms with E-state index in [2.05, 4.69) is 30.4 Å². The van der Waals surface area contributed by atoms with Gasteiger partial charge in [0.15, 0.2) is 21.5 Å². The van der Waals surface area contributed by atoms with E-state index in [-0.39, 0.29) is 152 Å². The maximum atomic E-state index is 13.5. The zero-order chi connectivity index (χ0) is 41.6. The molecule has 3 heterocycles. The van der Waals surface area contributed by atoms with Crippen LogP contribution in [0.5, 0.6) is 0 Å². The number of hydrogen-bond acceptors (Lipinski definition) is 18. The SMILES string of the molecule is O=S(=O)([O-])C1=C(c2nnc(-c3ccccc3)c(-c3ccccc3)n2)N(S(=O)(=O)[O-])C(S(=O)(=O)[O-])C(S(=O)(=O)[O-])=C1c1nnc(-c2ccccc2)c(-c2ccccc2)n1.[Na+].[Na+].[Na+].[Na+]. The summed E-state index contributed by atoms with van der Waals surface area (Å²) < 4.78 is 157. The molecule has 62 heavy (non-hydrogen) atoms. The van der Waals surface area contributed by atoms with Crippen LogP contribution in [0.15, 0.2) is 131 Å². The van der Waals surface area contributed by atoms with E-state index < -0.39 is 83.1 Å². The van der Waals surface area contributed by atoms with Gasteiger partial charge in [-0.2, -0.15) is 0 Å². The van der Waals surface area contributed by atoms with Gasteiger partial charge in [0.2, 0.25) is 5.82 Å². The molecule has 0 bridgehead atoms. The van der Waals surface area contributed by atoms with Crippen LogP contribution in [0.4, 0.5) is 0 Å². The summed E-state index contributed by atoms with van der Waals surface area (Å²) in [7, 11) is -26.3. The van der Waals surface area contributed by atoms with E-state index in [1.807, 2.05) is 0 Å². The first kappa shape index (κ1) is 54.2. The van der Waals surface area contributed by atoms with Crippen molar-refractivity contribution in [1.29, 1.82) is 0 Å². The molecule has 1 atom stereocenters. The Bertz CT molecular complexity index is 3130. The van der Waals surface area contributed by atoms with Crippen molar-refractivity contribution < 1.29 is 170 Å². The zero-order valence-corrected chi connectivity index (χ0v) is 44.1. The van der Waals surface area contributed by atoms with Crippen LogP contribution < -0.4 is 118 Å². The summed E-state index contributed by atoms with van der Waals surface area (Å²) in [6.07, 6.45) is 0. The normalized spacial score (nSPS) is 14.5. The molecule has 0 saturated heterocycles. The minimum absolute atomic E-state index is 0. The molecule has 0 aliphatic carbocycles. The Labute approximate surface area is 443 Å². The minimum atomic E-state index is -6.64. The van der Waals surface area contributed by atoms with Crippen molar-refractivity contribution in [2.24, 2.45) is 0 Å². The quantitative estimate of drug-likeness (QED) is 0.0909. The van der Waals surface area contributed by atoms with Crippen LogP contribution in [0.3, 0.4) is 0 Å². The van der Waals surface area contributed by atoms with Crippen molar-refractivity contribution in [2.75, 3.05) is 0 Å².